The minimum atomic E-state index is -0.711. The molecule has 0 radical (unpaired) electrons. The fourth-order valence-electron chi connectivity index (χ4n) is 3.76. The molecular formula is C21H24ClNO4. The molecule has 1 aliphatic heterocycles. The number of hydrogen-bond donors (Lipinski definition) is 1. The molecule has 2 aromatic rings. The van der Waals surface area contributed by atoms with E-state index in [1.54, 1.807) is 14.2 Å². The van der Waals surface area contributed by atoms with Gasteiger partial charge in [-0.1, -0.05) is 35.9 Å². The van der Waals surface area contributed by atoms with Crippen molar-refractivity contribution >= 4 is 17.6 Å². The molecule has 0 amide bonds. The van der Waals surface area contributed by atoms with Crippen LogP contribution in [0.25, 0.3) is 0 Å². The molecule has 0 saturated carbocycles. The maximum Gasteiger partial charge on any atom is 0.306 e. The molecule has 1 fully saturated rings. The van der Waals surface area contributed by atoms with Crippen LogP contribution in [-0.2, 0) is 4.79 Å². The van der Waals surface area contributed by atoms with Crippen LogP contribution in [0.5, 0.6) is 11.5 Å². The number of hydrogen-bond acceptors (Lipinski definition) is 4. The fourth-order valence-corrected chi connectivity index (χ4v) is 3.89. The lowest BCUT2D eigenvalue weighted by molar-refractivity contribution is -0.143. The van der Waals surface area contributed by atoms with Crippen LogP contribution in [-0.4, -0.2) is 43.3 Å². The third kappa shape index (κ3) is 4.20. The second kappa shape index (κ2) is 8.63. The number of rotatable bonds is 6. The van der Waals surface area contributed by atoms with Crippen LogP contribution >= 0.6 is 11.6 Å². The summed E-state index contributed by atoms with van der Waals surface area (Å²) in [6.45, 7) is 1.40. The molecule has 1 aliphatic rings. The summed E-state index contributed by atoms with van der Waals surface area (Å²) >= 11 is 6.08. The summed E-state index contributed by atoms with van der Waals surface area (Å²) in [5, 5.41) is 9.99. The van der Waals surface area contributed by atoms with E-state index in [4.69, 9.17) is 21.1 Å². The zero-order chi connectivity index (χ0) is 19.4. The van der Waals surface area contributed by atoms with Crippen molar-refractivity contribution in [2.45, 2.75) is 18.9 Å². The number of aliphatic carboxylic acids is 1. The third-order valence-electron chi connectivity index (χ3n) is 5.16. The number of carboxylic acids is 1. The zero-order valence-electron chi connectivity index (χ0n) is 15.5. The Bertz CT molecular complexity index is 785. The average Bonchev–Trinajstić information content (AvgIpc) is 2.69. The second-order valence-corrected chi connectivity index (χ2v) is 7.12. The Kier molecular flexibility index (Phi) is 6.24. The minimum Gasteiger partial charge on any atom is -0.493 e. The Morgan fingerprint density at radius 1 is 1.11 bits per heavy atom. The number of carboxylic acid groups (broad SMARTS) is 1. The fraction of sp³-hybridized carbons (Fsp3) is 0.381. The molecule has 2 aromatic carbocycles. The van der Waals surface area contributed by atoms with E-state index in [0.29, 0.717) is 42.5 Å². The number of benzene rings is 2. The van der Waals surface area contributed by atoms with Crippen molar-refractivity contribution in [2.75, 3.05) is 27.3 Å². The lowest BCUT2D eigenvalue weighted by atomic mass is 9.91. The summed E-state index contributed by atoms with van der Waals surface area (Å²) in [6.07, 6.45) is 1.26. The molecule has 27 heavy (non-hydrogen) atoms. The molecule has 0 bridgehead atoms. The molecule has 6 heteroatoms. The summed E-state index contributed by atoms with van der Waals surface area (Å²) in [7, 11) is 3.26. The first-order valence-electron chi connectivity index (χ1n) is 8.98. The summed E-state index contributed by atoms with van der Waals surface area (Å²) in [6, 6.07) is 13.6. The first-order valence-corrected chi connectivity index (χ1v) is 9.36. The van der Waals surface area contributed by atoms with Gasteiger partial charge in [-0.2, -0.15) is 0 Å². The first kappa shape index (κ1) is 19.5. The van der Waals surface area contributed by atoms with Crippen LogP contribution in [0.2, 0.25) is 5.02 Å². The number of piperidine rings is 1. The largest absolute Gasteiger partial charge is 0.493 e. The highest BCUT2D eigenvalue weighted by atomic mass is 35.5. The lowest BCUT2D eigenvalue weighted by Crippen LogP contribution is -2.39. The van der Waals surface area contributed by atoms with Gasteiger partial charge in [-0.3, -0.25) is 9.69 Å². The van der Waals surface area contributed by atoms with E-state index in [1.165, 1.54) is 0 Å². The second-order valence-electron chi connectivity index (χ2n) is 6.69. The molecule has 1 saturated heterocycles. The monoisotopic (exact) mass is 389 g/mol. The maximum absolute atomic E-state index is 11.3. The minimum absolute atomic E-state index is 0.0675. The molecule has 5 nitrogen and oxygen atoms in total. The predicted octanol–water partition coefficient (Wildman–Crippen LogP) is 4.24. The van der Waals surface area contributed by atoms with Gasteiger partial charge in [0.2, 0.25) is 0 Å². The van der Waals surface area contributed by atoms with Gasteiger partial charge >= 0.3 is 5.97 Å². The molecule has 0 aliphatic carbocycles. The van der Waals surface area contributed by atoms with Crippen molar-refractivity contribution in [2.24, 2.45) is 5.92 Å². The van der Waals surface area contributed by atoms with Crippen LogP contribution < -0.4 is 9.47 Å². The number of halogens is 1. The third-order valence-corrected chi connectivity index (χ3v) is 5.41. The molecule has 144 valence electrons. The number of ether oxygens (including phenoxy) is 2. The Labute approximate surface area is 164 Å². The first-order chi connectivity index (χ1) is 13.0. The van der Waals surface area contributed by atoms with Crippen LogP contribution in [0, 0.1) is 5.92 Å². The molecule has 0 aromatic heterocycles. The Morgan fingerprint density at radius 2 is 1.78 bits per heavy atom. The normalized spacial score (nSPS) is 16.7. The van der Waals surface area contributed by atoms with E-state index in [9.17, 15) is 9.90 Å². The molecule has 1 unspecified atom stereocenters. The number of likely N-dealkylation sites (tertiary alicyclic amines) is 1. The van der Waals surface area contributed by atoms with Gasteiger partial charge in [0.15, 0.2) is 11.5 Å². The SMILES string of the molecule is COc1cccc(C(c2ccc(Cl)cc2)N2CCC(C(=O)O)CC2)c1OC. The quantitative estimate of drug-likeness (QED) is 0.800. The summed E-state index contributed by atoms with van der Waals surface area (Å²) in [5.74, 6) is 0.380. The van der Waals surface area contributed by atoms with Crippen molar-refractivity contribution in [3.63, 3.8) is 0 Å². The molecule has 0 spiro atoms. The smallest absolute Gasteiger partial charge is 0.306 e. The maximum atomic E-state index is 11.3. The molecule has 1 N–H and O–H groups in total. The van der Waals surface area contributed by atoms with E-state index in [-0.39, 0.29) is 12.0 Å². The van der Waals surface area contributed by atoms with Crippen molar-refractivity contribution in [3.05, 3.63) is 58.6 Å². The Morgan fingerprint density at radius 3 is 2.33 bits per heavy atom. The highest BCUT2D eigenvalue weighted by Gasteiger charge is 2.32. The van der Waals surface area contributed by atoms with Gasteiger partial charge in [-0.05, 0) is 49.7 Å². The van der Waals surface area contributed by atoms with Crippen molar-refractivity contribution in [1.29, 1.82) is 0 Å². The van der Waals surface area contributed by atoms with Gasteiger partial charge in [-0.15, -0.1) is 0 Å². The van der Waals surface area contributed by atoms with Crippen molar-refractivity contribution in [3.8, 4) is 11.5 Å². The summed E-state index contributed by atoms with van der Waals surface area (Å²) in [5.41, 5.74) is 2.08. The van der Waals surface area contributed by atoms with Gasteiger partial charge in [0, 0.05) is 10.6 Å². The Balaban J connectivity index is 2.02. The zero-order valence-corrected chi connectivity index (χ0v) is 16.3. The number of para-hydroxylation sites is 1. The van der Waals surface area contributed by atoms with E-state index in [0.717, 1.165) is 11.1 Å². The predicted molar refractivity (Wildman–Crippen MR) is 105 cm³/mol. The van der Waals surface area contributed by atoms with Gasteiger partial charge in [-0.25, -0.2) is 0 Å². The van der Waals surface area contributed by atoms with Crippen LogP contribution in [0.4, 0.5) is 0 Å². The molecule has 1 atom stereocenters. The van der Waals surface area contributed by atoms with Gasteiger partial charge in [0.05, 0.1) is 26.2 Å². The molecule has 1 heterocycles. The average molecular weight is 390 g/mol. The summed E-state index contributed by atoms with van der Waals surface area (Å²) < 4.78 is 11.1. The number of nitrogens with zero attached hydrogens (tertiary/aromatic N) is 1. The van der Waals surface area contributed by atoms with E-state index >= 15 is 0 Å². The highest BCUT2D eigenvalue weighted by molar-refractivity contribution is 6.30. The summed E-state index contributed by atoms with van der Waals surface area (Å²) in [4.78, 5) is 13.6. The van der Waals surface area contributed by atoms with Gasteiger partial charge < -0.3 is 14.6 Å². The lowest BCUT2D eigenvalue weighted by Gasteiger charge is -2.37. The van der Waals surface area contributed by atoms with Crippen LogP contribution in [0.15, 0.2) is 42.5 Å². The van der Waals surface area contributed by atoms with Gasteiger partial charge in [0.25, 0.3) is 0 Å². The molecular weight excluding hydrogens is 366 g/mol. The van der Waals surface area contributed by atoms with Crippen molar-refractivity contribution in [1.82, 2.24) is 4.90 Å². The highest BCUT2D eigenvalue weighted by Crippen LogP contribution is 2.41. The number of carbonyl (C=O) groups is 1. The van der Waals surface area contributed by atoms with Crippen LogP contribution in [0.3, 0.4) is 0 Å². The Hall–Kier alpha value is -2.24. The topological polar surface area (TPSA) is 59.0 Å². The van der Waals surface area contributed by atoms with Crippen molar-refractivity contribution < 1.29 is 19.4 Å². The van der Waals surface area contributed by atoms with E-state index in [2.05, 4.69) is 4.90 Å². The standard InChI is InChI=1S/C21H24ClNO4/c1-26-18-5-3-4-17(20(18)27-2)19(14-6-8-16(22)9-7-14)23-12-10-15(11-13-23)21(24)25/h3-9,15,19H,10-13H2,1-2H3,(H,24,25). The molecule has 3 rings (SSSR count). The van der Waals surface area contributed by atoms with E-state index in [1.807, 2.05) is 42.5 Å². The van der Waals surface area contributed by atoms with Crippen LogP contribution in [0.1, 0.15) is 30.0 Å². The van der Waals surface area contributed by atoms with E-state index < -0.39 is 5.97 Å². The van der Waals surface area contributed by atoms with Gasteiger partial charge in [0.1, 0.15) is 0 Å². The number of methoxy groups -OCH3 is 2.